The van der Waals surface area contributed by atoms with E-state index in [9.17, 15) is 5.11 Å². The SMILES string of the molecule is Cc1ccc(C2(C)C=CC(O)C2)cc1. The Morgan fingerprint density at radius 3 is 2.43 bits per heavy atom. The number of aliphatic hydroxyl groups is 1. The van der Waals surface area contributed by atoms with Crippen LogP contribution in [-0.4, -0.2) is 11.2 Å². The van der Waals surface area contributed by atoms with Crippen LogP contribution in [0, 0.1) is 6.92 Å². The first-order valence-electron chi connectivity index (χ1n) is 5.05. The minimum atomic E-state index is -0.277. The maximum Gasteiger partial charge on any atom is 0.0732 e. The molecule has 1 aliphatic carbocycles. The van der Waals surface area contributed by atoms with Crippen molar-refractivity contribution in [2.75, 3.05) is 0 Å². The van der Waals surface area contributed by atoms with Gasteiger partial charge >= 0.3 is 0 Å². The first kappa shape index (κ1) is 9.47. The number of hydrogen-bond acceptors (Lipinski definition) is 1. The number of benzene rings is 1. The molecule has 1 heteroatoms. The lowest BCUT2D eigenvalue weighted by Crippen LogP contribution is -2.18. The second-order valence-corrected chi connectivity index (χ2v) is 4.41. The molecule has 0 aromatic heterocycles. The molecule has 2 atom stereocenters. The lowest BCUT2D eigenvalue weighted by atomic mass is 9.81. The predicted octanol–water partition coefficient (Wildman–Crippen LogP) is 2.57. The third kappa shape index (κ3) is 1.60. The normalized spacial score (nSPS) is 30.9. The zero-order valence-electron chi connectivity index (χ0n) is 8.70. The molecule has 1 N–H and O–H groups in total. The van der Waals surface area contributed by atoms with Gasteiger partial charge in [-0.05, 0) is 18.9 Å². The number of aryl methyl sites for hydroxylation is 1. The second kappa shape index (κ2) is 3.25. The van der Waals surface area contributed by atoms with Gasteiger partial charge in [-0.25, -0.2) is 0 Å². The maximum atomic E-state index is 9.49. The summed E-state index contributed by atoms with van der Waals surface area (Å²) in [5.74, 6) is 0. The van der Waals surface area contributed by atoms with E-state index >= 15 is 0 Å². The van der Waals surface area contributed by atoms with Crippen LogP contribution in [0.4, 0.5) is 0 Å². The number of rotatable bonds is 1. The summed E-state index contributed by atoms with van der Waals surface area (Å²) in [5.41, 5.74) is 2.59. The van der Waals surface area contributed by atoms with Crippen LogP contribution in [0.3, 0.4) is 0 Å². The lowest BCUT2D eigenvalue weighted by molar-refractivity contribution is 0.205. The van der Waals surface area contributed by atoms with Crippen LogP contribution >= 0.6 is 0 Å². The maximum absolute atomic E-state index is 9.49. The Labute approximate surface area is 85.1 Å². The molecule has 1 aliphatic rings. The average Bonchev–Trinajstić information content (AvgIpc) is 2.48. The Morgan fingerprint density at radius 2 is 1.93 bits per heavy atom. The van der Waals surface area contributed by atoms with Crippen LogP contribution in [0.15, 0.2) is 36.4 Å². The van der Waals surface area contributed by atoms with Crippen molar-refractivity contribution in [3.63, 3.8) is 0 Å². The molecule has 2 unspecified atom stereocenters. The summed E-state index contributed by atoms with van der Waals surface area (Å²) >= 11 is 0. The minimum absolute atomic E-state index is 0.0209. The first-order valence-corrected chi connectivity index (χ1v) is 5.05. The third-order valence-corrected chi connectivity index (χ3v) is 3.03. The van der Waals surface area contributed by atoms with E-state index in [2.05, 4.69) is 44.2 Å². The Hall–Kier alpha value is -1.08. The fourth-order valence-electron chi connectivity index (χ4n) is 2.04. The standard InChI is InChI=1S/C13H16O/c1-10-3-5-11(6-4-10)13(2)8-7-12(14)9-13/h3-8,12,14H,9H2,1-2H3. The van der Waals surface area contributed by atoms with Crippen molar-refractivity contribution in [1.82, 2.24) is 0 Å². The third-order valence-electron chi connectivity index (χ3n) is 3.03. The molecule has 1 nitrogen and oxygen atoms in total. The number of allylic oxidation sites excluding steroid dienone is 1. The Bertz CT molecular complexity index is 350. The molecule has 1 aromatic rings. The van der Waals surface area contributed by atoms with Crippen LogP contribution in [-0.2, 0) is 5.41 Å². The highest BCUT2D eigenvalue weighted by Gasteiger charge is 2.30. The van der Waals surface area contributed by atoms with Gasteiger partial charge in [-0.1, -0.05) is 48.9 Å². The second-order valence-electron chi connectivity index (χ2n) is 4.41. The van der Waals surface area contributed by atoms with E-state index in [1.807, 2.05) is 6.08 Å². The molecular formula is C13H16O. The Kier molecular flexibility index (Phi) is 2.20. The Balaban J connectivity index is 2.31. The molecule has 0 radical (unpaired) electrons. The zero-order valence-corrected chi connectivity index (χ0v) is 8.70. The van der Waals surface area contributed by atoms with Crippen molar-refractivity contribution < 1.29 is 5.11 Å². The molecule has 74 valence electrons. The van der Waals surface area contributed by atoms with E-state index in [0.717, 1.165) is 6.42 Å². The summed E-state index contributed by atoms with van der Waals surface area (Å²) in [4.78, 5) is 0. The lowest BCUT2D eigenvalue weighted by Gasteiger charge is -2.23. The van der Waals surface area contributed by atoms with Crippen LogP contribution in [0.2, 0.25) is 0 Å². The minimum Gasteiger partial charge on any atom is -0.389 e. The zero-order chi connectivity index (χ0) is 10.2. The highest BCUT2D eigenvalue weighted by atomic mass is 16.3. The van der Waals surface area contributed by atoms with Crippen molar-refractivity contribution in [2.24, 2.45) is 0 Å². The fourth-order valence-corrected chi connectivity index (χ4v) is 2.04. The fraction of sp³-hybridized carbons (Fsp3) is 0.385. The van der Waals surface area contributed by atoms with Gasteiger partial charge in [0.25, 0.3) is 0 Å². The monoisotopic (exact) mass is 188 g/mol. The molecular weight excluding hydrogens is 172 g/mol. The van der Waals surface area contributed by atoms with E-state index in [1.54, 1.807) is 0 Å². The molecule has 0 fully saturated rings. The van der Waals surface area contributed by atoms with E-state index in [-0.39, 0.29) is 11.5 Å². The van der Waals surface area contributed by atoms with E-state index in [1.165, 1.54) is 11.1 Å². The van der Waals surface area contributed by atoms with Crippen LogP contribution in [0.1, 0.15) is 24.5 Å². The molecule has 0 saturated carbocycles. The average molecular weight is 188 g/mol. The summed E-state index contributed by atoms with van der Waals surface area (Å²) in [6, 6.07) is 8.55. The highest BCUT2D eigenvalue weighted by Crippen LogP contribution is 2.35. The summed E-state index contributed by atoms with van der Waals surface area (Å²) in [6.45, 7) is 4.26. The summed E-state index contributed by atoms with van der Waals surface area (Å²) in [5, 5.41) is 9.49. The molecule has 1 aromatic carbocycles. The molecule has 0 bridgehead atoms. The predicted molar refractivity (Wildman–Crippen MR) is 58.3 cm³/mol. The summed E-state index contributed by atoms with van der Waals surface area (Å²) in [6.07, 6.45) is 4.53. The van der Waals surface area contributed by atoms with E-state index in [0.29, 0.717) is 0 Å². The van der Waals surface area contributed by atoms with Crippen molar-refractivity contribution >= 4 is 0 Å². The molecule has 0 spiro atoms. The van der Waals surface area contributed by atoms with Gasteiger partial charge in [0.2, 0.25) is 0 Å². The first-order chi connectivity index (χ1) is 6.60. The Morgan fingerprint density at radius 1 is 1.29 bits per heavy atom. The van der Waals surface area contributed by atoms with Crippen LogP contribution in [0.25, 0.3) is 0 Å². The van der Waals surface area contributed by atoms with Gasteiger partial charge in [0.05, 0.1) is 6.10 Å². The molecule has 0 saturated heterocycles. The largest absolute Gasteiger partial charge is 0.389 e. The van der Waals surface area contributed by atoms with E-state index < -0.39 is 0 Å². The topological polar surface area (TPSA) is 20.2 Å². The smallest absolute Gasteiger partial charge is 0.0732 e. The van der Waals surface area contributed by atoms with Gasteiger partial charge in [0.15, 0.2) is 0 Å². The van der Waals surface area contributed by atoms with Crippen molar-refractivity contribution in [3.05, 3.63) is 47.5 Å². The summed E-state index contributed by atoms with van der Waals surface area (Å²) < 4.78 is 0. The van der Waals surface area contributed by atoms with Gasteiger partial charge in [0.1, 0.15) is 0 Å². The molecule has 0 heterocycles. The van der Waals surface area contributed by atoms with Gasteiger partial charge < -0.3 is 5.11 Å². The molecule has 2 rings (SSSR count). The quantitative estimate of drug-likeness (QED) is 0.671. The van der Waals surface area contributed by atoms with E-state index in [4.69, 9.17) is 0 Å². The van der Waals surface area contributed by atoms with Gasteiger partial charge in [0, 0.05) is 5.41 Å². The van der Waals surface area contributed by atoms with Gasteiger partial charge in [-0.15, -0.1) is 0 Å². The highest BCUT2D eigenvalue weighted by molar-refractivity contribution is 5.35. The molecule has 0 amide bonds. The molecule has 0 aliphatic heterocycles. The van der Waals surface area contributed by atoms with Gasteiger partial charge in [-0.2, -0.15) is 0 Å². The van der Waals surface area contributed by atoms with Gasteiger partial charge in [-0.3, -0.25) is 0 Å². The summed E-state index contributed by atoms with van der Waals surface area (Å²) in [7, 11) is 0. The molecule has 14 heavy (non-hydrogen) atoms. The van der Waals surface area contributed by atoms with Crippen molar-refractivity contribution in [1.29, 1.82) is 0 Å². The van der Waals surface area contributed by atoms with Crippen LogP contribution in [0.5, 0.6) is 0 Å². The number of aliphatic hydroxyl groups excluding tert-OH is 1. The van der Waals surface area contributed by atoms with Crippen molar-refractivity contribution in [2.45, 2.75) is 31.8 Å². The number of hydrogen-bond donors (Lipinski definition) is 1. The van der Waals surface area contributed by atoms with Crippen molar-refractivity contribution in [3.8, 4) is 0 Å². The van der Waals surface area contributed by atoms with Crippen LogP contribution < -0.4 is 0 Å².